The Balaban J connectivity index is 2.26. The van der Waals surface area contributed by atoms with Crippen molar-refractivity contribution in [2.45, 2.75) is 13.0 Å². The van der Waals surface area contributed by atoms with Crippen molar-refractivity contribution < 1.29 is 14.6 Å². The summed E-state index contributed by atoms with van der Waals surface area (Å²) < 4.78 is 5.07. The van der Waals surface area contributed by atoms with Crippen LogP contribution in [0.25, 0.3) is 0 Å². The third-order valence-corrected chi connectivity index (χ3v) is 2.98. The molecule has 6 heteroatoms. The number of methoxy groups -OCH3 is 1. The lowest BCUT2D eigenvalue weighted by Crippen LogP contribution is -2.34. The lowest BCUT2D eigenvalue weighted by atomic mass is 10.4. The smallest absolute Gasteiger partial charge is 0.265 e. The molecule has 0 radical (unpaired) electrons. The molecular weight excluding hydrogens is 240 g/mol. The van der Waals surface area contributed by atoms with E-state index in [9.17, 15) is 4.79 Å². The topological polar surface area (TPSA) is 70.6 Å². The molecule has 0 aliphatic rings. The molecule has 96 valence electrons. The Labute approximate surface area is 105 Å². The zero-order chi connectivity index (χ0) is 12.7. The number of amides is 1. The first-order valence-electron chi connectivity index (χ1n) is 5.43. The highest BCUT2D eigenvalue weighted by molar-refractivity contribution is 7.12. The van der Waals surface area contributed by atoms with Gasteiger partial charge in [0.15, 0.2) is 0 Å². The molecule has 1 heterocycles. The van der Waals surface area contributed by atoms with Crippen LogP contribution in [-0.2, 0) is 0 Å². The molecule has 0 aromatic carbocycles. The summed E-state index contributed by atoms with van der Waals surface area (Å²) in [6, 6.07) is 1.77. The molecule has 0 spiro atoms. The zero-order valence-corrected chi connectivity index (χ0v) is 10.8. The minimum Gasteiger partial charge on any atom is -0.495 e. The van der Waals surface area contributed by atoms with E-state index in [4.69, 9.17) is 9.84 Å². The van der Waals surface area contributed by atoms with Gasteiger partial charge in [0.1, 0.15) is 10.6 Å². The normalized spacial score (nSPS) is 12.2. The fraction of sp³-hybridized carbons (Fsp3) is 0.545. The molecular formula is C11H18N2O3S. The van der Waals surface area contributed by atoms with Crippen LogP contribution in [-0.4, -0.2) is 43.9 Å². The number of nitrogens with one attached hydrogen (secondary N) is 2. The SMILES string of the molecule is COc1ccsc1C(=O)NCCNCC(C)O. The molecule has 0 aliphatic heterocycles. The van der Waals surface area contributed by atoms with Gasteiger partial charge in [-0.1, -0.05) is 0 Å². The number of hydrogen-bond acceptors (Lipinski definition) is 5. The van der Waals surface area contributed by atoms with Crippen molar-refractivity contribution in [1.82, 2.24) is 10.6 Å². The van der Waals surface area contributed by atoms with Gasteiger partial charge in [0, 0.05) is 19.6 Å². The molecule has 0 aliphatic carbocycles. The van der Waals surface area contributed by atoms with Gasteiger partial charge < -0.3 is 20.5 Å². The van der Waals surface area contributed by atoms with E-state index in [1.807, 2.05) is 5.38 Å². The number of aliphatic hydroxyl groups excluding tert-OH is 1. The number of ether oxygens (including phenoxy) is 1. The molecule has 0 saturated heterocycles. The Morgan fingerprint density at radius 2 is 2.35 bits per heavy atom. The van der Waals surface area contributed by atoms with Gasteiger partial charge in [0.2, 0.25) is 0 Å². The van der Waals surface area contributed by atoms with Crippen molar-refractivity contribution in [3.05, 3.63) is 16.3 Å². The van der Waals surface area contributed by atoms with Crippen LogP contribution in [0.1, 0.15) is 16.6 Å². The third kappa shape index (κ3) is 4.72. The minimum absolute atomic E-state index is 0.129. The predicted molar refractivity (Wildman–Crippen MR) is 67.8 cm³/mol. The van der Waals surface area contributed by atoms with Gasteiger partial charge in [0.25, 0.3) is 5.91 Å². The summed E-state index contributed by atoms with van der Waals surface area (Å²) in [6.45, 7) is 3.39. The summed E-state index contributed by atoms with van der Waals surface area (Å²) in [6.07, 6.45) is -0.372. The van der Waals surface area contributed by atoms with Crippen LogP contribution in [0.3, 0.4) is 0 Å². The van der Waals surface area contributed by atoms with Gasteiger partial charge in [0.05, 0.1) is 13.2 Å². The van der Waals surface area contributed by atoms with E-state index in [1.54, 1.807) is 20.1 Å². The van der Waals surface area contributed by atoms with Crippen molar-refractivity contribution in [2.75, 3.05) is 26.7 Å². The van der Waals surface area contributed by atoms with Crippen molar-refractivity contribution in [2.24, 2.45) is 0 Å². The van der Waals surface area contributed by atoms with E-state index in [2.05, 4.69) is 10.6 Å². The quantitative estimate of drug-likeness (QED) is 0.621. The lowest BCUT2D eigenvalue weighted by molar-refractivity contribution is 0.0955. The number of carbonyl (C=O) groups excluding carboxylic acids is 1. The highest BCUT2D eigenvalue weighted by atomic mass is 32.1. The predicted octanol–water partition coefficient (Wildman–Crippen LogP) is 0.457. The van der Waals surface area contributed by atoms with Crippen molar-refractivity contribution >= 4 is 17.2 Å². The molecule has 3 N–H and O–H groups in total. The monoisotopic (exact) mass is 258 g/mol. The number of thiophene rings is 1. The zero-order valence-electron chi connectivity index (χ0n) is 10.0. The van der Waals surface area contributed by atoms with E-state index in [0.29, 0.717) is 30.3 Å². The molecule has 0 saturated carbocycles. The van der Waals surface area contributed by atoms with Gasteiger partial charge in [-0.05, 0) is 18.4 Å². The summed E-state index contributed by atoms with van der Waals surface area (Å²) in [5, 5.41) is 16.6. The molecule has 0 bridgehead atoms. The molecule has 1 aromatic rings. The van der Waals surface area contributed by atoms with Crippen molar-refractivity contribution in [1.29, 1.82) is 0 Å². The van der Waals surface area contributed by atoms with E-state index in [1.165, 1.54) is 11.3 Å². The van der Waals surface area contributed by atoms with Gasteiger partial charge >= 0.3 is 0 Å². The fourth-order valence-corrected chi connectivity index (χ4v) is 2.05. The molecule has 1 rings (SSSR count). The maximum atomic E-state index is 11.7. The van der Waals surface area contributed by atoms with Gasteiger partial charge in [-0.15, -0.1) is 11.3 Å². The van der Waals surface area contributed by atoms with Crippen LogP contribution in [0.4, 0.5) is 0 Å². The lowest BCUT2D eigenvalue weighted by Gasteiger charge is -2.08. The molecule has 1 amide bonds. The molecule has 1 unspecified atom stereocenters. The number of rotatable bonds is 7. The Bertz CT molecular complexity index is 352. The first-order valence-corrected chi connectivity index (χ1v) is 6.31. The standard InChI is InChI=1S/C11H18N2O3S/c1-8(14)7-12-4-5-13-11(15)10-9(16-2)3-6-17-10/h3,6,8,12,14H,4-5,7H2,1-2H3,(H,13,15). The summed E-state index contributed by atoms with van der Waals surface area (Å²) >= 11 is 1.35. The van der Waals surface area contributed by atoms with Crippen LogP contribution < -0.4 is 15.4 Å². The molecule has 0 fully saturated rings. The number of hydrogen-bond donors (Lipinski definition) is 3. The van der Waals surface area contributed by atoms with Crippen molar-refractivity contribution in [3.8, 4) is 5.75 Å². The Morgan fingerprint density at radius 3 is 3.00 bits per heavy atom. The Kier molecular flexibility index (Phi) is 5.96. The van der Waals surface area contributed by atoms with Gasteiger partial charge in [-0.3, -0.25) is 4.79 Å². The molecule has 5 nitrogen and oxygen atoms in total. The van der Waals surface area contributed by atoms with Crippen LogP contribution in [0, 0.1) is 0 Å². The van der Waals surface area contributed by atoms with Crippen LogP contribution in [0.15, 0.2) is 11.4 Å². The maximum Gasteiger partial charge on any atom is 0.265 e. The molecule has 1 atom stereocenters. The van der Waals surface area contributed by atoms with E-state index in [0.717, 1.165) is 0 Å². The van der Waals surface area contributed by atoms with Crippen LogP contribution in [0.2, 0.25) is 0 Å². The average Bonchev–Trinajstić information content (AvgIpc) is 2.75. The largest absolute Gasteiger partial charge is 0.495 e. The summed E-state index contributed by atoms with van der Waals surface area (Å²) in [4.78, 5) is 12.3. The van der Waals surface area contributed by atoms with Gasteiger partial charge in [-0.2, -0.15) is 0 Å². The summed E-state index contributed by atoms with van der Waals surface area (Å²) in [5.41, 5.74) is 0. The van der Waals surface area contributed by atoms with Crippen LogP contribution in [0.5, 0.6) is 5.75 Å². The minimum atomic E-state index is -0.372. The second-order valence-corrected chi connectivity index (χ2v) is 4.54. The first kappa shape index (κ1) is 14.0. The number of aliphatic hydroxyl groups is 1. The van der Waals surface area contributed by atoms with E-state index >= 15 is 0 Å². The second-order valence-electron chi connectivity index (χ2n) is 3.63. The third-order valence-electron chi connectivity index (χ3n) is 2.08. The second kappa shape index (κ2) is 7.26. The van der Waals surface area contributed by atoms with E-state index in [-0.39, 0.29) is 12.0 Å². The fourth-order valence-electron chi connectivity index (χ4n) is 1.28. The summed E-state index contributed by atoms with van der Waals surface area (Å²) in [5.74, 6) is 0.472. The van der Waals surface area contributed by atoms with Crippen LogP contribution >= 0.6 is 11.3 Å². The Morgan fingerprint density at radius 1 is 1.59 bits per heavy atom. The summed E-state index contributed by atoms with van der Waals surface area (Å²) in [7, 11) is 1.54. The number of carbonyl (C=O) groups is 1. The molecule has 17 heavy (non-hydrogen) atoms. The van der Waals surface area contributed by atoms with E-state index < -0.39 is 0 Å². The maximum absolute atomic E-state index is 11.7. The Hall–Kier alpha value is -1.11. The first-order chi connectivity index (χ1) is 8.15. The van der Waals surface area contributed by atoms with Gasteiger partial charge in [-0.25, -0.2) is 0 Å². The highest BCUT2D eigenvalue weighted by Gasteiger charge is 2.12. The average molecular weight is 258 g/mol. The van der Waals surface area contributed by atoms with Crippen molar-refractivity contribution in [3.63, 3.8) is 0 Å². The highest BCUT2D eigenvalue weighted by Crippen LogP contribution is 2.23. The molecule has 1 aromatic heterocycles.